The van der Waals surface area contributed by atoms with Crippen LogP contribution in [0, 0.1) is 5.92 Å². The molecule has 3 aromatic rings. The van der Waals surface area contributed by atoms with Crippen LogP contribution in [0.2, 0.25) is 0 Å². The summed E-state index contributed by atoms with van der Waals surface area (Å²) in [5.74, 6) is 2.85. The van der Waals surface area contributed by atoms with Crippen molar-refractivity contribution in [1.29, 1.82) is 0 Å². The second-order valence-electron chi connectivity index (χ2n) is 9.36. The zero-order valence-electron chi connectivity index (χ0n) is 20.0. The lowest BCUT2D eigenvalue weighted by Gasteiger charge is -2.44. The van der Waals surface area contributed by atoms with Gasteiger partial charge in [-0.3, -0.25) is 4.90 Å². The molecular formula is C29H33N3O3. The number of amides is 2. The van der Waals surface area contributed by atoms with E-state index in [0.29, 0.717) is 29.1 Å². The number of hydrogen-bond donors (Lipinski definition) is 2. The van der Waals surface area contributed by atoms with Gasteiger partial charge in [0, 0.05) is 29.4 Å². The number of carbonyl (C=O) groups excluding carboxylic acids is 1. The Morgan fingerprint density at radius 3 is 2.40 bits per heavy atom. The Kier molecular flexibility index (Phi) is 7.49. The van der Waals surface area contributed by atoms with Crippen LogP contribution in [0.3, 0.4) is 0 Å². The summed E-state index contributed by atoms with van der Waals surface area (Å²) in [6.45, 7) is 3.25. The number of para-hydroxylation sites is 1. The van der Waals surface area contributed by atoms with E-state index in [1.54, 1.807) is 6.07 Å². The number of urea groups is 1. The van der Waals surface area contributed by atoms with E-state index >= 15 is 0 Å². The van der Waals surface area contributed by atoms with Gasteiger partial charge in [0.25, 0.3) is 0 Å². The number of anilines is 2. The van der Waals surface area contributed by atoms with Crippen LogP contribution in [0.25, 0.3) is 0 Å². The topological polar surface area (TPSA) is 62.8 Å². The van der Waals surface area contributed by atoms with Crippen LogP contribution in [0.4, 0.5) is 16.2 Å². The monoisotopic (exact) mass is 471 g/mol. The molecule has 3 aromatic carbocycles. The molecule has 0 unspecified atom stereocenters. The molecule has 2 aliphatic heterocycles. The summed E-state index contributed by atoms with van der Waals surface area (Å²) in [4.78, 5) is 15.2. The average molecular weight is 472 g/mol. The van der Waals surface area contributed by atoms with E-state index in [1.807, 2.05) is 72.8 Å². The van der Waals surface area contributed by atoms with E-state index in [2.05, 4.69) is 15.5 Å². The molecule has 6 nitrogen and oxygen atoms in total. The quantitative estimate of drug-likeness (QED) is 0.399. The molecule has 0 radical (unpaired) electrons. The smallest absolute Gasteiger partial charge is 0.323 e. The molecule has 2 amide bonds. The van der Waals surface area contributed by atoms with Gasteiger partial charge in [-0.15, -0.1) is 0 Å². The summed E-state index contributed by atoms with van der Waals surface area (Å²) in [5, 5.41) is 5.74. The number of carbonyl (C=O) groups is 1. The highest BCUT2D eigenvalue weighted by molar-refractivity contribution is 5.99. The van der Waals surface area contributed by atoms with Crippen molar-refractivity contribution in [3.05, 3.63) is 78.9 Å². The van der Waals surface area contributed by atoms with Crippen molar-refractivity contribution in [2.45, 2.75) is 38.1 Å². The SMILES string of the molecule is O=C(Nc1ccc(OC[C@@H]2CCCN3CCCC[C@H]23)cc1)Nc1cccc(Oc2ccccc2)c1. The third-order valence-corrected chi connectivity index (χ3v) is 6.88. The van der Waals surface area contributed by atoms with Gasteiger partial charge in [-0.1, -0.05) is 30.7 Å². The molecule has 2 saturated heterocycles. The Balaban J connectivity index is 1.11. The predicted octanol–water partition coefficient (Wildman–Crippen LogP) is 6.77. The standard InChI is InChI=1S/C29H33N3O3/c33-29(31-24-9-6-12-27(20-24)35-26-10-2-1-3-11-26)30-23-14-16-25(17-15-23)34-21-22-8-7-19-32-18-5-4-13-28(22)32/h1-3,6,9-12,14-17,20,22,28H,4-5,7-8,13,18-19,21H2,(H2,30,31,33)/t22-,28+/m0/s1. The number of benzene rings is 3. The van der Waals surface area contributed by atoms with Gasteiger partial charge in [0.2, 0.25) is 0 Å². The molecular weight excluding hydrogens is 438 g/mol. The Hall–Kier alpha value is -3.51. The van der Waals surface area contributed by atoms with Crippen LogP contribution < -0.4 is 20.1 Å². The maximum Gasteiger partial charge on any atom is 0.323 e. The normalized spacial score (nSPS) is 19.9. The van der Waals surface area contributed by atoms with E-state index < -0.39 is 0 Å². The van der Waals surface area contributed by atoms with E-state index in [9.17, 15) is 4.79 Å². The zero-order chi connectivity index (χ0) is 23.9. The average Bonchev–Trinajstić information content (AvgIpc) is 2.89. The van der Waals surface area contributed by atoms with Crippen LogP contribution in [-0.4, -0.2) is 36.7 Å². The Morgan fingerprint density at radius 1 is 0.771 bits per heavy atom. The fourth-order valence-corrected chi connectivity index (χ4v) is 5.16. The maximum absolute atomic E-state index is 12.5. The molecule has 2 heterocycles. The van der Waals surface area contributed by atoms with Crippen LogP contribution in [0.1, 0.15) is 32.1 Å². The highest BCUT2D eigenvalue weighted by Gasteiger charge is 2.33. The molecule has 0 aromatic heterocycles. The van der Waals surface area contributed by atoms with Crippen molar-refractivity contribution in [1.82, 2.24) is 4.90 Å². The van der Waals surface area contributed by atoms with Gasteiger partial charge in [-0.05, 0) is 87.3 Å². The first-order valence-corrected chi connectivity index (χ1v) is 12.6. The Labute approximate surface area is 207 Å². The summed E-state index contributed by atoms with van der Waals surface area (Å²) < 4.78 is 12.0. The molecule has 0 aliphatic carbocycles. The molecule has 35 heavy (non-hydrogen) atoms. The lowest BCUT2D eigenvalue weighted by Crippen LogP contribution is -2.49. The number of nitrogens with one attached hydrogen (secondary N) is 2. The number of ether oxygens (including phenoxy) is 2. The second kappa shape index (κ2) is 11.3. The lowest BCUT2D eigenvalue weighted by atomic mass is 9.84. The predicted molar refractivity (Wildman–Crippen MR) is 139 cm³/mol. The van der Waals surface area contributed by atoms with E-state index in [1.165, 1.54) is 45.2 Å². The first kappa shape index (κ1) is 23.2. The van der Waals surface area contributed by atoms with Gasteiger partial charge in [0.15, 0.2) is 0 Å². The first-order chi connectivity index (χ1) is 17.2. The molecule has 0 bridgehead atoms. The fourth-order valence-electron chi connectivity index (χ4n) is 5.16. The number of hydrogen-bond acceptors (Lipinski definition) is 4. The largest absolute Gasteiger partial charge is 0.493 e. The van der Waals surface area contributed by atoms with Gasteiger partial charge in [-0.2, -0.15) is 0 Å². The molecule has 2 aliphatic rings. The first-order valence-electron chi connectivity index (χ1n) is 12.6. The van der Waals surface area contributed by atoms with Gasteiger partial charge >= 0.3 is 6.03 Å². The summed E-state index contributed by atoms with van der Waals surface area (Å²) >= 11 is 0. The molecule has 6 heteroatoms. The minimum atomic E-state index is -0.310. The number of fused-ring (bicyclic) bond motifs is 1. The van der Waals surface area contributed by atoms with Crippen molar-refractivity contribution in [2.75, 3.05) is 30.3 Å². The molecule has 2 atom stereocenters. The summed E-state index contributed by atoms with van der Waals surface area (Å²) in [6.07, 6.45) is 6.49. The Morgan fingerprint density at radius 2 is 1.54 bits per heavy atom. The van der Waals surface area contributed by atoms with Crippen molar-refractivity contribution >= 4 is 17.4 Å². The third-order valence-electron chi connectivity index (χ3n) is 6.88. The Bertz CT molecular complexity index is 1100. The van der Waals surface area contributed by atoms with Crippen LogP contribution in [0.5, 0.6) is 17.2 Å². The van der Waals surface area contributed by atoms with Gasteiger partial charge in [0.05, 0.1) is 6.61 Å². The fraction of sp³-hybridized carbons (Fsp3) is 0.345. The molecule has 2 fully saturated rings. The van der Waals surface area contributed by atoms with Crippen LogP contribution in [-0.2, 0) is 0 Å². The van der Waals surface area contributed by atoms with Crippen molar-refractivity contribution in [3.8, 4) is 17.2 Å². The molecule has 5 rings (SSSR count). The second-order valence-corrected chi connectivity index (χ2v) is 9.36. The van der Waals surface area contributed by atoms with Crippen molar-refractivity contribution in [2.24, 2.45) is 5.92 Å². The van der Waals surface area contributed by atoms with E-state index in [4.69, 9.17) is 9.47 Å². The number of rotatable bonds is 7. The summed E-state index contributed by atoms with van der Waals surface area (Å²) in [7, 11) is 0. The number of nitrogens with zero attached hydrogens (tertiary/aromatic N) is 1. The summed E-state index contributed by atoms with van der Waals surface area (Å²) in [6, 6.07) is 24.8. The molecule has 0 spiro atoms. The van der Waals surface area contributed by atoms with Crippen LogP contribution in [0.15, 0.2) is 78.9 Å². The van der Waals surface area contributed by atoms with Gasteiger partial charge in [0.1, 0.15) is 17.2 Å². The highest BCUT2D eigenvalue weighted by Crippen LogP contribution is 2.31. The maximum atomic E-state index is 12.5. The lowest BCUT2D eigenvalue weighted by molar-refractivity contribution is 0.0366. The minimum absolute atomic E-state index is 0.310. The van der Waals surface area contributed by atoms with Crippen LogP contribution >= 0.6 is 0 Å². The van der Waals surface area contributed by atoms with Gasteiger partial charge < -0.3 is 20.1 Å². The number of piperidine rings is 2. The molecule has 182 valence electrons. The van der Waals surface area contributed by atoms with Gasteiger partial charge in [-0.25, -0.2) is 4.79 Å². The zero-order valence-corrected chi connectivity index (χ0v) is 20.0. The van der Waals surface area contributed by atoms with Crippen molar-refractivity contribution in [3.63, 3.8) is 0 Å². The minimum Gasteiger partial charge on any atom is -0.493 e. The highest BCUT2D eigenvalue weighted by atomic mass is 16.5. The van der Waals surface area contributed by atoms with Crippen molar-refractivity contribution < 1.29 is 14.3 Å². The van der Waals surface area contributed by atoms with E-state index in [-0.39, 0.29) is 6.03 Å². The third kappa shape index (κ3) is 6.34. The van der Waals surface area contributed by atoms with E-state index in [0.717, 1.165) is 18.1 Å². The molecule has 0 saturated carbocycles. The summed E-state index contributed by atoms with van der Waals surface area (Å²) in [5.41, 5.74) is 1.36. The molecule has 2 N–H and O–H groups in total.